The first-order valence-electron chi connectivity index (χ1n) is 5.54. The van der Waals surface area contributed by atoms with Crippen LogP contribution >= 0.6 is 0 Å². The average Bonchev–Trinajstić information content (AvgIpc) is 2.26. The number of carbonyl (C=O) groups is 2. The molecule has 1 aromatic carbocycles. The summed E-state index contributed by atoms with van der Waals surface area (Å²) in [5.74, 6) is -0.915. The zero-order chi connectivity index (χ0) is 13.1. The lowest BCUT2D eigenvalue weighted by atomic mass is 10.0. The van der Waals surface area contributed by atoms with Crippen LogP contribution in [0.3, 0.4) is 0 Å². The van der Waals surface area contributed by atoms with Gasteiger partial charge in [0, 0.05) is 13.1 Å². The number of nitrogens with one attached hydrogen (secondary N) is 2. The van der Waals surface area contributed by atoms with Crippen LogP contribution < -0.4 is 15.4 Å². The molecule has 0 aliphatic carbocycles. The molecule has 1 heterocycles. The van der Waals surface area contributed by atoms with Gasteiger partial charge < -0.3 is 20.5 Å². The highest BCUT2D eigenvalue weighted by molar-refractivity contribution is 6.01. The molecule has 6 nitrogen and oxygen atoms in total. The van der Waals surface area contributed by atoms with E-state index >= 15 is 0 Å². The number of carboxylic acid groups (broad SMARTS) is 1. The molecular weight excluding hydrogens is 236 g/mol. The molecule has 0 aromatic heterocycles. The van der Waals surface area contributed by atoms with Crippen molar-refractivity contribution in [2.24, 2.45) is 5.92 Å². The molecule has 1 amide bonds. The van der Waals surface area contributed by atoms with E-state index in [1.54, 1.807) is 6.07 Å². The van der Waals surface area contributed by atoms with Gasteiger partial charge >= 0.3 is 5.97 Å². The Morgan fingerprint density at radius 1 is 1.44 bits per heavy atom. The number of hydrogen-bond donors (Lipinski definition) is 3. The van der Waals surface area contributed by atoms with Crippen LogP contribution in [-0.2, 0) is 4.79 Å². The molecule has 0 unspecified atom stereocenters. The molecule has 0 atom stereocenters. The summed E-state index contributed by atoms with van der Waals surface area (Å²) in [7, 11) is 1.46. The highest BCUT2D eigenvalue weighted by Gasteiger charge is 2.26. The predicted octanol–water partition coefficient (Wildman–Crippen LogP) is 0.551. The molecule has 0 bridgehead atoms. The van der Waals surface area contributed by atoms with E-state index in [9.17, 15) is 9.59 Å². The summed E-state index contributed by atoms with van der Waals surface area (Å²) in [6.07, 6.45) is 0. The summed E-state index contributed by atoms with van der Waals surface area (Å²) in [6, 6.07) is 4.53. The fourth-order valence-corrected chi connectivity index (χ4v) is 1.65. The number of ether oxygens (including phenoxy) is 1. The lowest BCUT2D eigenvalue weighted by Gasteiger charge is -2.26. The van der Waals surface area contributed by atoms with Gasteiger partial charge in [-0.25, -0.2) is 4.79 Å². The maximum Gasteiger partial charge on any atom is 0.337 e. The molecule has 2 rings (SSSR count). The monoisotopic (exact) mass is 250 g/mol. The Labute approximate surface area is 104 Å². The number of anilines is 1. The van der Waals surface area contributed by atoms with Crippen LogP contribution in [0.1, 0.15) is 10.4 Å². The van der Waals surface area contributed by atoms with E-state index in [1.165, 1.54) is 19.2 Å². The van der Waals surface area contributed by atoms with Crippen molar-refractivity contribution >= 4 is 17.6 Å². The number of amides is 1. The lowest BCUT2D eigenvalue weighted by Crippen LogP contribution is -2.48. The third-order valence-electron chi connectivity index (χ3n) is 2.87. The molecule has 1 aliphatic rings. The van der Waals surface area contributed by atoms with Crippen LogP contribution in [0.15, 0.2) is 18.2 Å². The van der Waals surface area contributed by atoms with Gasteiger partial charge in [-0.15, -0.1) is 0 Å². The minimum atomic E-state index is -1.10. The Bertz CT molecular complexity index is 483. The molecule has 1 aromatic rings. The van der Waals surface area contributed by atoms with Gasteiger partial charge in [0.25, 0.3) is 0 Å². The Morgan fingerprint density at radius 2 is 2.17 bits per heavy atom. The summed E-state index contributed by atoms with van der Waals surface area (Å²) in [5.41, 5.74) is 0.315. The van der Waals surface area contributed by atoms with Gasteiger partial charge in [-0.3, -0.25) is 4.79 Å². The lowest BCUT2D eigenvalue weighted by molar-refractivity contribution is -0.121. The smallest absolute Gasteiger partial charge is 0.337 e. The first-order chi connectivity index (χ1) is 8.61. The van der Waals surface area contributed by atoms with Crippen molar-refractivity contribution in [2.75, 3.05) is 25.5 Å². The quantitative estimate of drug-likeness (QED) is 0.726. The topological polar surface area (TPSA) is 87.7 Å². The second kappa shape index (κ2) is 5.05. The van der Waals surface area contributed by atoms with Crippen molar-refractivity contribution in [1.82, 2.24) is 5.32 Å². The molecular formula is C12H14N2O4. The van der Waals surface area contributed by atoms with E-state index in [0.29, 0.717) is 24.5 Å². The number of benzene rings is 1. The van der Waals surface area contributed by atoms with E-state index < -0.39 is 5.97 Å². The van der Waals surface area contributed by atoms with E-state index in [4.69, 9.17) is 9.84 Å². The molecule has 6 heteroatoms. The second-order valence-corrected chi connectivity index (χ2v) is 4.06. The molecule has 1 saturated heterocycles. The maximum atomic E-state index is 11.7. The van der Waals surface area contributed by atoms with Crippen molar-refractivity contribution in [3.05, 3.63) is 23.8 Å². The summed E-state index contributed by atoms with van der Waals surface area (Å²) < 4.78 is 4.96. The summed E-state index contributed by atoms with van der Waals surface area (Å²) in [6.45, 7) is 1.26. The minimum absolute atomic E-state index is 0.0231. The SMILES string of the molecule is COc1ccc(NC(=O)C2CNC2)c(C(=O)O)c1. The van der Waals surface area contributed by atoms with Crippen LogP contribution in [0, 0.1) is 5.92 Å². The zero-order valence-corrected chi connectivity index (χ0v) is 9.90. The highest BCUT2D eigenvalue weighted by atomic mass is 16.5. The van der Waals surface area contributed by atoms with Gasteiger partial charge in [0.2, 0.25) is 5.91 Å². The number of methoxy groups -OCH3 is 1. The maximum absolute atomic E-state index is 11.7. The first-order valence-corrected chi connectivity index (χ1v) is 5.54. The Kier molecular flexibility index (Phi) is 3.47. The van der Waals surface area contributed by atoms with Crippen molar-refractivity contribution < 1.29 is 19.4 Å². The van der Waals surface area contributed by atoms with Gasteiger partial charge in [0.15, 0.2) is 0 Å². The number of rotatable bonds is 4. The van der Waals surface area contributed by atoms with E-state index in [0.717, 1.165) is 0 Å². The van der Waals surface area contributed by atoms with Crippen LogP contribution in [0.2, 0.25) is 0 Å². The van der Waals surface area contributed by atoms with Gasteiger partial charge in [-0.05, 0) is 18.2 Å². The molecule has 96 valence electrons. The number of aromatic carboxylic acids is 1. The molecule has 1 fully saturated rings. The zero-order valence-electron chi connectivity index (χ0n) is 9.90. The van der Waals surface area contributed by atoms with Gasteiger partial charge in [0.05, 0.1) is 24.3 Å². The third kappa shape index (κ3) is 2.43. The fraction of sp³-hybridized carbons (Fsp3) is 0.333. The standard InChI is InChI=1S/C12H14N2O4/c1-18-8-2-3-10(9(4-8)12(16)17)14-11(15)7-5-13-6-7/h2-4,7,13H,5-6H2,1H3,(H,14,15)(H,16,17). The van der Waals surface area contributed by atoms with Crippen molar-refractivity contribution in [3.63, 3.8) is 0 Å². The fourth-order valence-electron chi connectivity index (χ4n) is 1.65. The number of carboxylic acids is 1. The van der Waals surface area contributed by atoms with Crippen molar-refractivity contribution in [2.45, 2.75) is 0 Å². The Balaban J connectivity index is 2.20. The number of hydrogen-bond acceptors (Lipinski definition) is 4. The van der Waals surface area contributed by atoms with Crippen molar-refractivity contribution in [1.29, 1.82) is 0 Å². The Morgan fingerprint density at radius 3 is 2.67 bits per heavy atom. The van der Waals surface area contributed by atoms with Crippen molar-refractivity contribution in [3.8, 4) is 5.75 Å². The third-order valence-corrected chi connectivity index (χ3v) is 2.87. The number of carbonyl (C=O) groups excluding carboxylic acids is 1. The molecule has 0 saturated carbocycles. The van der Waals surface area contributed by atoms with Gasteiger partial charge in [0.1, 0.15) is 5.75 Å². The van der Waals surface area contributed by atoms with Crippen LogP contribution in [0.4, 0.5) is 5.69 Å². The van der Waals surface area contributed by atoms with Gasteiger partial charge in [-0.1, -0.05) is 0 Å². The normalized spacial score (nSPS) is 14.7. The highest BCUT2D eigenvalue weighted by Crippen LogP contribution is 2.23. The van der Waals surface area contributed by atoms with Crippen LogP contribution in [-0.4, -0.2) is 37.2 Å². The largest absolute Gasteiger partial charge is 0.497 e. The minimum Gasteiger partial charge on any atom is -0.497 e. The first kappa shape index (κ1) is 12.4. The second-order valence-electron chi connectivity index (χ2n) is 4.06. The summed E-state index contributed by atoms with van der Waals surface area (Å²) >= 11 is 0. The Hall–Kier alpha value is -2.08. The molecule has 0 spiro atoms. The average molecular weight is 250 g/mol. The predicted molar refractivity (Wildman–Crippen MR) is 64.9 cm³/mol. The van der Waals surface area contributed by atoms with Crippen LogP contribution in [0.5, 0.6) is 5.75 Å². The molecule has 1 aliphatic heterocycles. The molecule has 3 N–H and O–H groups in total. The van der Waals surface area contributed by atoms with E-state index in [1.807, 2.05) is 0 Å². The molecule has 0 radical (unpaired) electrons. The van der Waals surface area contributed by atoms with Gasteiger partial charge in [-0.2, -0.15) is 0 Å². The van der Waals surface area contributed by atoms with Crippen LogP contribution in [0.25, 0.3) is 0 Å². The summed E-state index contributed by atoms with van der Waals surface area (Å²) in [4.78, 5) is 22.9. The summed E-state index contributed by atoms with van der Waals surface area (Å²) in [5, 5.41) is 14.7. The molecule has 18 heavy (non-hydrogen) atoms. The van der Waals surface area contributed by atoms with E-state index in [-0.39, 0.29) is 17.4 Å². The van der Waals surface area contributed by atoms with E-state index in [2.05, 4.69) is 10.6 Å².